The van der Waals surface area contributed by atoms with Crippen LogP contribution >= 0.6 is 0 Å². The Kier molecular flexibility index (Phi) is 5.42. The van der Waals surface area contributed by atoms with Gasteiger partial charge in [0.2, 0.25) is 5.78 Å². The van der Waals surface area contributed by atoms with Gasteiger partial charge in [0.15, 0.2) is 6.54 Å². The van der Waals surface area contributed by atoms with E-state index in [-0.39, 0.29) is 24.3 Å². The molecule has 3 N–H and O–H groups in total. The average Bonchev–Trinajstić information content (AvgIpc) is 3.07. The molecule has 1 amide bonds. The molecule has 3 rings (SSSR count). The predicted molar refractivity (Wildman–Crippen MR) is 108 cm³/mol. The van der Waals surface area contributed by atoms with Crippen LogP contribution in [0.5, 0.6) is 0 Å². The first kappa shape index (κ1) is 18.9. The second-order valence-corrected chi connectivity index (χ2v) is 7.17. The summed E-state index contributed by atoms with van der Waals surface area (Å²) in [7, 11) is 1.88. The molecule has 0 aliphatic carbocycles. The van der Waals surface area contributed by atoms with E-state index in [9.17, 15) is 9.59 Å². The number of rotatable bonds is 6. The number of carbonyl (C=O) groups excluding carboxylic acids is 2. The minimum absolute atomic E-state index is 0.0322. The summed E-state index contributed by atoms with van der Waals surface area (Å²) in [5.41, 5.74) is 4.53. The van der Waals surface area contributed by atoms with Crippen molar-refractivity contribution >= 4 is 28.3 Å². The van der Waals surface area contributed by atoms with Crippen LogP contribution in [0.15, 0.2) is 48.7 Å². The summed E-state index contributed by atoms with van der Waals surface area (Å²) in [5.74, 6) is -0.0618. The molecule has 2 atom stereocenters. The number of fused-ring (bicyclic) bond motifs is 1. The number of Topliss-reactive ketones (excluding diaryl/α,β-unsaturated/α-hetero) is 1. The molecule has 1 unspecified atom stereocenters. The van der Waals surface area contributed by atoms with Gasteiger partial charge in [-0.25, -0.2) is 0 Å². The highest BCUT2D eigenvalue weighted by Gasteiger charge is 2.27. The number of hydrogen-bond acceptors (Lipinski definition) is 2. The molecule has 0 aliphatic rings. The van der Waals surface area contributed by atoms with Crippen LogP contribution in [-0.2, 0) is 4.79 Å². The zero-order chi connectivity index (χ0) is 19.6. The molecule has 140 valence electrons. The maximum absolute atomic E-state index is 12.9. The number of H-pyrrole nitrogens is 1. The molecule has 0 saturated carbocycles. The molecule has 3 aromatic rings. The van der Waals surface area contributed by atoms with Gasteiger partial charge in [-0.3, -0.25) is 9.59 Å². The van der Waals surface area contributed by atoms with Crippen molar-refractivity contribution in [1.82, 2.24) is 4.98 Å². The summed E-state index contributed by atoms with van der Waals surface area (Å²) in [4.78, 5) is 29.4. The molecule has 0 aliphatic heterocycles. The van der Waals surface area contributed by atoms with Crippen molar-refractivity contribution < 1.29 is 14.5 Å². The lowest BCUT2D eigenvalue weighted by Gasteiger charge is -2.20. The molecule has 5 nitrogen and oxygen atoms in total. The number of aryl methyl sites for hydroxylation is 2. The molecule has 0 bridgehead atoms. The van der Waals surface area contributed by atoms with Crippen LogP contribution in [0.2, 0.25) is 0 Å². The molecule has 2 aromatic carbocycles. The van der Waals surface area contributed by atoms with Crippen LogP contribution < -0.4 is 10.2 Å². The molecular weight excluding hydrogens is 338 g/mol. The minimum atomic E-state index is -0.326. The fraction of sp³-hybridized carbons (Fsp3) is 0.273. The van der Waals surface area contributed by atoms with Crippen molar-refractivity contribution in [1.29, 1.82) is 0 Å². The van der Waals surface area contributed by atoms with Crippen molar-refractivity contribution in [3.05, 3.63) is 65.4 Å². The molecule has 0 saturated heterocycles. The van der Waals surface area contributed by atoms with Gasteiger partial charge >= 0.3 is 0 Å². The number of carbonyl (C=O) groups is 2. The Bertz CT molecular complexity index is 970. The Morgan fingerprint density at radius 1 is 1.07 bits per heavy atom. The van der Waals surface area contributed by atoms with Crippen LogP contribution in [0, 0.1) is 13.8 Å². The van der Waals surface area contributed by atoms with Crippen molar-refractivity contribution in [2.75, 3.05) is 18.9 Å². The first-order valence-electron chi connectivity index (χ1n) is 9.17. The van der Waals surface area contributed by atoms with Crippen LogP contribution in [0.25, 0.3) is 10.9 Å². The van der Waals surface area contributed by atoms with E-state index >= 15 is 0 Å². The Hall–Kier alpha value is -2.92. The molecule has 0 spiro atoms. The van der Waals surface area contributed by atoms with E-state index in [2.05, 4.69) is 10.3 Å². The number of aromatic amines is 1. The highest BCUT2D eigenvalue weighted by atomic mass is 16.2. The SMILES string of the molecule is Cc1cccc(C)c1NC(=O)C[NH+](C)[C@@H](C)C(=O)c1c[nH]c2ccccc12. The summed E-state index contributed by atoms with van der Waals surface area (Å²) in [5, 5.41) is 3.91. The highest BCUT2D eigenvalue weighted by Crippen LogP contribution is 2.20. The highest BCUT2D eigenvalue weighted by molar-refractivity contribution is 6.09. The summed E-state index contributed by atoms with van der Waals surface area (Å²) in [6.07, 6.45) is 1.76. The standard InChI is InChI=1S/C22H25N3O2/c1-14-8-7-9-15(2)21(14)24-20(26)13-25(4)16(3)22(27)18-12-23-19-11-6-5-10-17(18)19/h5-12,16,23H,13H2,1-4H3,(H,24,26)/p+1/t16-/m0/s1. The van der Waals surface area contributed by atoms with Gasteiger partial charge < -0.3 is 15.2 Å². The van der Waals surface area contributed by atoms with Crippen LogP contribution in [0.1, 0.15) is 28.4 Å². The summed E-state index contributed by atoms with van der Waals surface area (Å²) < 4.78 is 0. The Morgan fingerprint density at radius 3 is 2.44 bits per heavy atom. The maximum Gasteiger partial charge on any atom is 0.279 e. The monoisotopic (exact) mass is 364 g/mol. The summed E-state index contributed by atoms with van der Waals surface area (Å²) >= 11 is 0. The van der Waals surface area contributed by atoms with Crippen molar-refractivity contribution in [3.63, 3.8) is 0 Å². The second-order valence-electron chi connectivity index (χ2n) is 7.17. The van der Waals surface area contributed by atoms with Gasteiger partial charge in [-0.1, -0.05) is 36.4 Å². The third-order valence-electron chi connectivity index (χ3n) is 5.17. The first-order valence-corrected chi connectivity index (χ1v) is 9.17. The number of aromatic nitrogens is 1. The minimum Gasteiger partial charge on any atom is -0.360 e. The lowest BCUT2D eigenvalue weighted by molar-refractivity contribution is -0.885. The first-order chi connectivity index (χ1) is 12.9. The lowest BCUT2D eigenvalue weighted by atomic mass is 10.0. The van der Waals surface area contributed by atoms with E-state index < -0.39 is 0 Å². The third kappa shape index (κ3) is 3.93. The Balaban J connectivity index is 1.69. The zero-order valence-corrected chi connectivity index (χ0v) is 16.2. The van der Waals surface area contributed by atoms with E-state index in [1.807, 2.05) is 70.3 Å². The fourth-order valence-electron chi connectivity index (χ4n) is 3.33. The molecular formula is C22H26N3O2+. The van der Waals surface area contributed by atoms with E-state index in [0.29, 0.717) is 5.56 Å². The van der Waals surface area contributed by atoms with Crippen molar-refractivity contribution in [2.24, 2.45) is 0 Å². The number of likely N-dealkylation sites (N-methyl/N-ethyl adjacent to an activating group) is 1. The van der Waals surface area contributed by atoms with E-state index in [1.165, 1.54) is 0 Å². The van der Waals surface area contributed by atoms with Crippen LogP contribution in [0.4, 0.5) is 5.69 Å². The zero-order valence-electron chi connectivity index (χ0n) is 16.2. The summed E-state index contributed by atoms with van der Waals surface area (Å²) in [6.45, 7) is 6.04. The second kappa shape index (κ2) is 7.76. The van der Waals surface area contributed by atoms with Gasteiger partial charge in [0.05, 0.1) is 7.05 Å². The normalized spacial score (nSPS) is 13.3. The molecule has 1 aromatic heterocycles. The van der Waals surface area contributed by atoms with Crippen molar-refractivity contribution in [2.45, 2.75) is 26.8 Å². The molecule has 27 heavy (non-hydrogen) atoms. The van der Waals surface area contributed by atoms with Gasteiger partial charge in [0.1, 0.15) is 6.04 Å². The van der Waals surface area contributed by atoms with E-state index in [4.69, 9.17) is 0 Å². The van der Waals surface area contributed by atoms with Crippen molar-refractivity contribution in [3.8, 4) is 0 Å². The van der Waals surface area contributed by atoms with Crippen LogP contribution in [-0.4, -0.2) is 36.3 Å². The average molecular weight is 364 g/mol. The smallest absolute Gasteiger partial charge is 0.279 e. The Morgan fingerprint density at radius 2 is 1.74 bits per heavy atom. The summed E-state index contributed by atoms with van der Waals surface area (Å²) in [6, 6.07) is 13.3. The largest absolute Gasteiger partial charge is 0.360 e. The predicted octanol–water partition coefficient (Wildman–Crippen LogP) is 2.51. The topological polar surface area (TPSA) is 66.4 Å². The van der Waals surface area contributed by atoms with Gasteiger partial charge in [0, 0.05) is 28.4 Å². The number of quaternary nitrogens is 1. The maximum atomic E-state index is 12.9. The number of nitrogens with one attached hydrogen (secondary N) is 3. The fourth-order valence-corrected chi connectivity index (χ4v) is 3.33. The number of para-hydroxylation sites is 2. The number of anilines is 1. The molecule has 0 radical (unpaired) electrons. The van der Waals surface area contributed by atoms with Gasteiger partial charge in [-0.05, 0) is 38.0 Å². The van der Waals surface area contributed by atoms with Crippen LogP contribution in [0.3, 0.4) is 0 Å². The van der Waals surface area contributed by atoms with Gasteiger partial charge in [0.25, 0.3) is 5.91 Å². The molecule has 0 fully saturated rings. The lowest BCUT2D eigenvalue weighted by Crippen LogP contribution is -3.14. The quantitative estimate of drug-likeness (QED) is 0.589. The number of benzene rings is 2. The number of amides is 1. The van der Waals surface area contributed by atoms with E-state index in [0.717, 1.165) is 32.6 Å². The number of ketones is 1. The van der Waals surface area contributed by atoms with E-state index in [1.54, 1.807) is 6.20 Å². The molecule has 1 heterocycles. The Labute approximate surface area is 159 Å². The number of hydrogen-bond donors (Lipinski definition) is 3. The van der Waals surface area contributed by atoms with Gasteiger partial charge in [-0.15, -0.1) is 0 Å². The third-order valence-corrected chi connectivity index (χ3v) is 5.17. The molecule has 5 heteroatoms. The van der Waals surface area contributed by atoms with Gasteiger partial charge in [-0.2, -0.15) is 0 Å².